The molecule has 0 unspecified atom stereocenters. The summed E-state index contributed by atoms with van der Waals surface area (Å²) < 4.78 is 39.4. The molecule has 14 heteroatoms. The van der Waals surface area contributed by atoms with Gasteiger partial charge in [0.2, 0.25) is 5.75 Å². The van der Waals surface area contributed by atoms with Crippen molar-refractivity contribution in [3.63, 3.8) is 0 Å². The number of hydrogen-bond donors (Lipinski definition) is 0. The van der Waals surface area contributed by atoms with Gasteiger partial charge >= 0.3 is 0 Å². The summed E-state index contributed by atoms with van der Waals surface area (Å²) in [5, 5.41) is 0. The van der Waals surface area contributed by atoms with Gasteiger partial charge in [-0.15, -0.1) is 0 Å². The van der Waals surface area contributed by atoms with E-state index in [4.69, 9.17) is 33.2 Å². The predicted octanol–water partition coefficient (Wildman–Crippen LogP) is 4.89. The zero-order chi connectivity index (χ0) is 37.5. The minimum Gasteiger partial charge on any atom is -0.493 e. The first-order valence-electron chi connectivity index (χ1n) is 17.7. The molecule has 3 aliphatic rings. The first-order valence-corrected chi connectivity index (χ1v) is 17.7. The number of nitrogens with zero attached hydrogens (tertiary/aromatic N) is 4. The van der Waals surface area contributed by atoms with Crippen molar-refractivity contribution < 1.29 is 47.5 Å². The molecule has 3 aromatic rings. The SMILES string of the molecule is COc1ccc(C(=O)N2CCN(C(=O)c3cc(OC)c(OC)c(OC)c3)CC2)cc1OCCCCOc1cc2c(cc1OC)C(=O)N1CCC[C@H]1C=N2. The Morgan fingerprint density at radius 3 is 1.81 bits per heavy atom. The highest BCUT2D eigenvalue weighted by molar-refractivity contribution is 6.03. The summed E-state index contributed by atoms with van der Waals surface area (Å²) in [6, 6.07) is 11.9. The molecule has 0 aromatic heterocycles. The number of piperazine rings is 1. The lowest BCUT2D eigenvalue weighted by molar-refractivity contribution is 0.0535. The second-order valence-corrected chi connectivity index (χ2v) is 12.8. The van der Waals surface area contributed by atoms with Crippen molar-refractivity contribution in [3.8, 4) is 40.2 Å². The van der Waals surface area contributed by atoms with Gasteiger partial charge in [0.15, 0.2) is 34.5 Å². The van der Waals surface area contributed by atoms with E-state index in [2.05, 4.69) is 4.99 Å². The zero-order valence-corrected chi connectivity index (χ0v) is 30.8. The molecule has 0 saturated carbocycles. The number of ether oxygens (including phenoxy) is 7. The number of carbonyl (C=O) groups excluding carboxylic acids is 3. The Hall–Kier alpha value is -5.66. The molecule has 1 atom stereocenters. The average Bonchev–Trinajstić information content (AvgIpc) is 3.63. The van der Waals surface area contributed by atoms with Crippen LogP contribution in [0.2, 0.25) is 0 Å². The van der Waals surface area contributed by atoms with E-state index in [0.717, 1.165) is 19.4 Å². The maximum Gasteiger partial charge on any atom is 0.256 e. The number of amides is 3. The predicted molar refractivity (Wildman–Crippen MR) is 196 cm³/mol. The Balaban J connectivity index is 1.00. The van der Waals surface area contributed by atoms with Gasteiger partial charge in [0, 0.05) is 56.1 Å². The molecule has 3 aliphatic heterocycles. The van der Waals surface area contributed by atoms with Gasteiger partial charge in [-0.3, -0.25) is 19.4 Å². The lowest BCUT2D eigenvalue weighted by atomic mass is 10.1. The number of aliphatic imine (C=N–C) groups is 1. The maximum absolute atomic E-state index is 13.5. The minimum atomic E-state index is -0.190. The Labute approximate surface area is 309 Å². The van der Waals surface area contributed by atoms with Crippen LogP contribution in [0.1, 0.15) is 56.8 Å². The summed E-state index contributed by atoms with van der Waals surface area (Å²) in [4.78, 5) is 50.0. The van der Waals surface area contributed by atoms with Crippen molar-refractivity contribution in [1.82, 2.24) is 14.7 Å². The fourth-order valence-electron chi connectivity index (χ4n) is 6.79. The first kappa shape index (κ1) is 37.1. The number of benzene rings is 3. The van der Waals surface area contributed by atoms with E-state index in [1.54, 1.807) is 66.5 Å². The Kier molecular flexibility index (Phi) is 11.8. The smallest absolute Gasteiger partial charge is 0.256 e. The van der Waals surface area contributed by atoms with Gasteiger partial charge in [0.1, 0.15) is 0 Å². The molecule has 53 heavy (non-hydrogen) atoms. The summed E-state index contributed by atoms with van der Waals surface area (Å²) in [7, 11) is 7.62. The molecule has 2 fully saturated rings. The van der Waals surface area contributed by atoms with Crippen LogP contribution in [0.5, 0.6) is 40.2 Å². The monoisotopic (exact) mass is 730 g/mol. The molecule has 3 heterocycles. The molecule has 0 aliphatic carbocycles. The van der Waals surface area contributed by atoms with Crippen molar-refractivity contribution in [3.05, 3.63) is 59.2 Å². The number of unbranched alkanes of at least 4 members (excludes halogenated alkanes) is 1. The second kappa shape index (κ2) is 16.8. The molecular weight excluding hydrogens is 684 g/mol. The topological polar surface area (TPSA) is 138 Å². The van der Waals surface area contributed by atoms with E-state index in [9.17, 15) is 14.4 Å². The van der Waals surface area contributed by atoms with Gasteiger partial charge in [-0.05, 0) is 62.1 Å². The van der Waals surface area contributed by atoms with Gasteiger partial charge in [0.05, 0.1) is 66.1 Å². The number of methoxy groups -OCH3 is 5. The summed E-state index contributed by atoms with van der Waals surface area (Å²) in [5.74, 6) is 2.81. The summed E-state index contributed by atoms with van der Waals surface area (Å²) in [6.07, 6.45) is 5.09. The molecule has 282 valence electrons. The van der Waals surface area contributed by atoms with Crippen molar-refractivity contribution in [2.24, 2.45) is 4.99 Å². The van der Waals surface area contributed by atoms with Crippen LogP contribution >= 0.6 is 0 Å². The number of hydrogen-bond acceptors (Lipinski definition) is 11. The van der Waals surface area contributed by atoms with E-state index in [1.165, 1.54) is 21.3 Å². The highest BCUT2D eigenvalue weighted by Gasteiger charge is 2.33. The molecule has 0 spiro atoms. The van der Waals surface area contributed by atoms with Crippen molar-refractivity contribution in [1.29, 1.82) is 0 Å². The normalized spacial score (nSPS) is 16.4. The summed E-state index contributed by atoms with van der Waals surface area (Å²) >= 11 is 0. The lowest BCUT2D eigenvalue weighted by Gasteiger charge is -2.35. The van der Waals surface area contributed by atoms with Crippen molar-refractivity contribution in [2.75, 3.05) is 81.5 Å². The van der Waals surface area contributed by atoms with Crippen LogP contribution < -0.4 is 33.2 Å². The van der Waals surface area contributed by atoms with Gasteiger partial charge in [-0.25, -0.2) is 0 Å². The van der Waals surface area contributed by atoms with Crippen LogP contribution in [0.3, 0.4) is 0 Å². The highest BCUT2D eigenvalue weighted by atomic mass is 16.5. The fourth-order valence-corrected chi connectivity index (χ4v) is 6.79. The second-order valence-electron chi connectivity index (χ2n) is 12.8. The molecule has 6 rings (SSSR count). The van der Waals surface area contributed by atoms with Gasteiger partial charge in [-0.2, -0.15) is 0 Å². The van der Waals surface area contributed by atoms with Crippen LogP contribution in [0.4, 0.5) is 5.69 Å². The molecule has 0 N–H and O–H groups in total. The zero-order valence-electron chi connectivity index (χ0n) is 30.8. The molecule has 0 bridgehead atoms. The van der Waals surface area contributed by atoms with Crippen LogP contribution in [0.15, 0.2) is 47.5 Å². The summed E-state index contributed by atoms with van der Waals surface area (Å²) in [6.45, 7) is 2.97. The van der Waals surface area contributed by atoms with E-state index in [-0.39, 0.29) is 23.8 Å². The third-order valence-corrected chi connectivity index (χ3v) is 9.69. The van der Waals surface area contributed by atoms with Gasteiger partial charge < -0.3 is 47.9 Å². The number of rotatable bonds is 14. The Morgan fingerprint density at radius 2 is 1.23 bits per heavy atom. The molecular formula is C39H46N4O10. The third-order valence-electron chi connectivity index (χ3n) is 9.69. The van der Waals surface area contributed by atoms with E-state index >= 15 is 0 Å². The van der Waals surface area contributed by atoms with Crippen molar-refractivity contribution in [2.45, 2.75) is 31.7 Å². The standard InChI is InChI=1S/C39H46N4O10/c1-47-30-11-10-25(37(44)41-13-15-42(16-14-41)38(45)26-20-34(49-3)36(51-5)35(21-26)50-4)19-32(30)52-17-6-7-18-53-33-23-29-28(22-31(33)48-2)39(46)43-12-8-9-27(43)24-40-29/h10-11,19-24,27H,6-9,12-18H2,1-5H3/t27-/m0/s1. The molecule has 3 amide bonds. The van der Waals surface area contributed by atoms with Gasteiger partial charge in [0.25, 0.3) is 17.7 Å². The molecule has 3 aromatic carbocycles. The third kappa shape index (κ3) is 7.91. The Bertz CT molecular complexity index is 1830. The van der Waals surface area contributed by atoms with Gasteiger partial charge in [-0.1, -0.05) is 0 Å². The minimum absolute atomic E-state index is 0.0262. The van der Waals surface area contributed by atoms with E-state index in [0.29, 0.717) is 115 Å². The summed E-state index contributed by atoms with van der Waals surface area (Å²) in [5.41, 5.74) is 1.97. The fraction of sp³-hybridized carbons (Fsp3) is 0.436. The average molecular weight is 731 g/mol. The van der Waals surface area contributed by atoms with Crippen LogP contribution in [-0.4, -0.2) is 126 Å². The van der Waals surface area contributed by atoms with Crippen LogP contribution in [0.25, 0.3) is 0 Å². The number of carbonyl (C=O) groups is 3. The number of fused-ring (bicyclic) bond motifs is 2. The first-order chi connectivity index (χ1) is 25.8. The molecule has 14 nitrogen and oxygen atoms in total. The maximum atomic E-state index is 13.5. The Morgan fingerprint density at radius 1 is 0.660 bits per heavy atom. The van der Waals surface area contributed by atoms with E-state index < -0.39 is 0 Å². The van der Waals surface area contributed by atoms with Crippen LogP contribution in [-0.2, 0) is 0 Å². The molecule has 2 saturated heterocycles. The van der Waals surface area contributed by atoms with E-state index in [1.807, 2.05) is 11.1 Å². The lowest BCUT2D eigenvalue weighted by Crippen LogP contribution is -2.50. The van der Waals surface area contributed by atoms with Crippen molar-refractivity contribution >= 4 is 29.6 Å². The molecule has 0 radical (unpaired) electrons. The highest BCUT2D eigenvalue weighted by Crippen LogP contribution is 2.40. The quantitative estimate of drug-likeness (QED) is 0.211. The van der Waals surface area contributed by atoms with Crippen LogP contribution in [0, 0.1) is 0 Å². The largest absolute Gasteiger partial charge is 0.493 e.